The highest BCUT2D eigenvalue weighted by molar-refractivity contribution is 6.30. The van der Waals surface area contributed by atoms with Crippen LogP contribution in [0.5, 0.6) is 0 Å². The van der Waals surface area contributed by atoms with Crippen molar-refractivity contribution in [2.24, 2.45) is 0 Å². The molecule has 0 saturated carbocycles. The topological polar surface area (TPSA) is 64.7 Å². The van der Waals surface area contributed by atoms with Crippen molar-refractivity contribution < 1.29 is 9.59 Å². The summed E-state index contributed by atoms with van der Waals surface area (Å²) in [6.45, 7) is 4.22. The molecule has 2 aliphatic heterocycles. The first-order chi connectivity index (χ1) is 11.1. The Morgan fingerprint density at radius 1 is 1.22 bits per heavy atom. The standard InChI is InChI=1S/C16H21ClN4O2/c17-12-2-1-3-13(10-12)20-6-8-21(9-7-20)15(22)11-14-16(23)19-5-4-18-14/h1-3,10,14,18H,4-9,11H2,(H,19,23)/t14-/m1/s1. The lowest BCUT2D eigenvalue weighted by atomic mass is 10.1. The Kier molecular flexibility index (Phi) is 5.03. The lowest BCUT2D eigenvalue weighted by molar-refractivity contribution is -0.135. The van der Waals surface area contributed by atoms with Gasteiger partial charge in [-0.15, -0.1) is 0 Å². The number of benzene rings is 1. The molecule has 1 aromatic rings. The molecular weight excluding hydrogens is 316 g/mol. The van der Waals surface area contributed by atoms with E-state index in [-0.39, 0.29) is 18.2 Å². The Morgan fingerprint density at radius 3 is 2.70 bits per heavy atom. The number of carbonyl (C=O) groups is 2. The first-order valence-electron chi connectivity index (χ1n) is 7.93. The van der Waals surface area contributed by atoms with Gasteiger partial charge in [-0.05, 0) is 18.2 Å². The van der Waals surface area contributed by atoms with Gasteiger partial charge in [-0.2, -0.15) is 0 Å². The van der Waals surface area contributed by atoms with Crippen molar-refractivity contribution in [2.75, 3.05) is 44.2 Å². The summed E-state index contributed by atoms with van der Waals surface area (Å²) in [7, 11) is 0. The molecule has 2 amide bonds. The normalized spacial score (nSPS) is 22.0. The number of hydrogen-bond acceptors (Lipinski definition) is 4. The summed E-state index contributed by atoms with van der Waals surface area (Å²) in [6.07, 6.45) is 0.225. The Labute approximate surface area is 140 Å². The Hall–Kier alpha value is -1.79. The van der Waals surface area contributed by atoms with Gasteiger partial charge in [-0.25, -0.2) is 0 Å². The lowest BCUT2D eigenvalue weighted by Gasteiger charge is -2.37. The van der Waals surface area contributed by atoms with Crippen molar-refractivity contribution >= 4 is 29.1 Å². The molecule has 124 valence electrons. The van der Waals surface area contributed by atoms with Gasteiger partial charge in [-0.3, -0.25) is 9.59 Å². The number of piperazine rings is 2. The van der Waals surface area contributed by atoms with Crippen molar-refractivity contribution in [2.45, 2.75) is 12.5 Å². The number of amides is 2. The minimum Gasteiger partial charge on any atom is -0.368 e. The van der Waals surface area contributed by atoms with Crippen molar-refractivity contribution in [3.8, 4) is 0 Å². The van der Waals surface area contributed by atoms with Crippen LogP contribution in [0.2, 0.25) is 5.02 Å². The molecule has 3 rings (SSSR count). The summed E-state index contributed by atoms with van der Waals surface area (Å²) in [5.74, 6) is -0.0487. The van der Waals surface area contributed by atoms with E-state index in [0.717, 1.165) is 23.8 Å². The van der Waals surface area contributed by atoms with E-state index in [1.165, 1.54) is 0 Å². The van der Waals surface area contributed by atoms with Gasteiger partial charge in [0.2, 0.25) is 11.8 Å². The monoisotopic (exact) mass is 336 g/mol. The second-order valence-electron chi connectivity index (χ2n) is 5.85. The Bertz CT molecular complexity index is 587. The first kappa shape index (κ1) is 16.1. The molecule has 0 unspecified atom stereocenters. The van der Waals surface area contributed by atoms with Crippen LogP contribution in [0.1, 0.15) is 6.42 Å². The van der Waals surface area contributed by atoms with Crippen molar-refractivity contribution in [3.05, 3.63) is 29.3 Å². The van der Waals surface area contributed by atoms with E-state index in [1.807, 2.05) is 29.2 Å². The van der Waals surface area contributed by atoms with Crippen molar-refractivity contribution in [3.63, 3.8) is 0 Å². The number of nitrogens with one attached hydrogen (secondary N) is 2. The highest BCUT2D eigenvalue weighted by Gasteiger charge is 2.28. The zero-order chi connectivity index (χ0) is 16.2. The first-order valence-corrected chi connectivity index (χ1v) is 8.30. The van der Waals surface area contributed by atoms with Crippen LogP contribution in [-0.2, 0) is 9.59 Å². The molecular formula is C16H21ClN4O2. The van der Waals surface area contributed by atoms with Gasteiger partial charge in [0, 0.05) is 50.0 Å². The predicted octanol–water partition coefficient (Wildman–Crippen LogP) is 0.467. The summed E-state index contributed by atoms with van der Waals surface area (Å²) in [5.41, 5.74) is 1.08. The van der Waals surface area contributed by atoms with Crippen LogP contribution in [0.3, 0.4) is 0 Å². The molecule has 0 bridgehead atoms. The molecule has 0 aromatic heterocycles. The van der Waals surface area contributed by atoms with Gasteiger partial charge in [0.25, 0.3) is 0 Å². The fraction of sp³-hybridized carbons (Fsp3) is 0.500. The SMILES string of the molecule is O=C1NCCN[C@@H]1CC(=O)N1CCN(c2cccc(Cl)c2)CC1. The van der Waals surface area contributed by atoms with Crippen LogP contribution in [0.25, 0.3) is 0 Å². The van der Waals surface area contributed by atoms with Crippen LogP contribution in [-0.4, -0.2) is 62.0 Å². The maximum Gasteiger partial charge on any atom is 0.237 e. The molecule has 2 N–H and O–H groups in total. The molecule has 0 radical (unpaired) electrons. The lowest BCUT2D eigenvalue weighted by Crippen LogP contribution is -2.56. The second kappa shape index (κ2) is 7.19. The van der Waals surface area contributed by atoms with Gasteiger partial charge < -0.3 is 20.4 Å². The van der Waals surface area contributed by atoms with Crippen LogP contribution in [0.4, 0.5) is 5.69 Å². The number of hydrogen-bond donors (Lipinski definition) is 2. The Morgan fingerprint density at radius 2 is 2.00 bits per heavy atom. The van der Waals surface area contributed by atoms with Gasteiger partial charge >= 0.3 is 0 Å². The Balaban J connectivity index is 1.52. The summed E-state index contributed by atoms with van der Waals surface area (Å²) >= 11 is 6.03. The molecule has 2 aliphatic rings. The van der Waals surface area contributed by atoms with Crippen molar-refractivity contribution in [1.29, 1.82) is 0 Å². The van der Waals surface area contributed by atoms with Crippen LogP contribution >= 0.6 is 11.6 Å². The number of halogens is 1. The fourth-order valence-electron chi connectivity index (χ4n) is 3.00. The molecule has 1 aromatic carbocycles. The van der Waals surface area contributed by atoms with E-state index in [4.69, 9.17) is 11.6 Å². The zero-order valence-electron chi connectivity index (χ0n) is 12.9. The molecule has 2 fully saturated rings. The number of carbonyl (C=O) groups excluding carboxylic acids is 2. The largest absolute Gasteiger partial charge is 0.368 e. The van der Waals surface area contributed by atoms with Gasteiger partial charge in [-0.1, -0.05) is 17.7 Å². The molecule has 0 aliphatic carbocycles. The molecule has 6 nitrogen and oxygen atoms in total. The summed E-state index contributed by atoms with van der Waals surface area (Å²) < 4.78 is 0. The second-order valence-corrected chi connectivity index (χ2v) is 6.29. The van der Waals surface area contributed by atoms with E-state index in [9.17, 15) is 9.59 Å². The minimum absolute atomic E-state index is 0.0327. The quantitative estimate of drug-likeness (QED) is 0.842. The van der Waals surface area contributed by atoms with Gasteiger partial charge in [0.1, 0.15) is 0 Å². The molecule has 7 heteroatoms. The number of rotatable bonds is 3. The van der Waals surface area contributed by atoms with E-state index in [0.29, 0.717) is 26.2 Å². The minimum atomic E-state index is -0.401. The highest BCUT2D eigenvalue weighted by Crippen LogP contribution is 2.21. The number of anilines is 1. The van der Waals surface area contributed by atoms with Crippen LogP contribution < -0.4 is 15.5 Å². The third kappa shape index (κ3) is 3.95. The van der Waals surface area contributed by atoms with E-state index in [2.05, 4.69) is 15.5 Å². The third-order valence-corrected chi connectivity index (χ3v) is 4.55. The van der Waals surface area contributed by atoms with E-state index in [1.54, 1.807) is 0 Å². The van der Waals surface area contributed by atoms with E-state index >= 15 is 0 Å². The average Bonchev–Trinajstić information content (AvgIpc) is 2.57. The van der Waals surface area contributed by atoms with E-state index < -0.39 is 6.04 Å². The average molecular weight is 337 g/mol. The molecule has 1 atom stereocenters. The smallest absolute Gasteiger partial charge is 0.237 e. The van der Waals surface area contributed by atoms with Gasteiger partial charge in [0.05, 0.1) is 12.5 Å². The molecule has 0 spiro atoms. The summed E-state index contributed by atoms with van der Waals surface area (Å²) in [5, 5.41) is 6.59. The van der Waals surface area contributed by atoms with Crippen LogP contribution in [0, 0.1) is 0 Å². The summed E-state index contributed by atoms with van der Waals surface area (Å²) in [4.78, 5) is 28.2. The predicted molar refractivity (Wildman–Crippen MR) is 89.7 cm³/mol. The fourth-order valence-corrected chi connectivity index (χ4v) is 3.19. The molecule has 2 saturated heterocycles. The van der Waals surface area contributed by atoms with Gasteiger partial charge in [0.15, 0.2) is 0 Å². The summed E-state index contributed by atoms with van der Waals surface area (Å²) in [6, 6.07) is 7.35. The van der Waals surface area contributed by atoms with Crippen molar-refractivity contribution in [1.82, 2.24) is 15.5 Å². The maximum atomic E-state index is 12.4. The molecule has 2 heterocycles. The molecule has 23 heavy (non-hydrogen) atoms. The third-order valence-electron chi connectivity index (χ3n) is 4.32. The number of nitrogens with zero attached hydrogens (tertiary/aromatic N) is 2. The van der Waals surface area contributed by atoms with Crippen LogP contribution in [0.15, 0.2) is 24.3 Å². The zero-order valence-corrected chi connectivity index (χ0v) is 13.7. The maximum absolute atomic E-state index is 12.4. The highest BCUT2D eigenvalue weighted by atomic mass is 35.5.